The molecular formula is C13H16FN3O2. The maximum absolute atomic E-state index is 12.9. The number of anilines is 1. The molecule has 102 valence electrons. The van der Waals surface area contributed by atoms with Gasteiger partial charge in [-0.2, -0.15) is 0 Å². The number of nitrogens with two attached hydrogens (primary N) is 1. The molecule has 1 aliphatic rings. The fourth-order valence-corrected chi connectivity index (χ4v) is 2.29. The molecule has 0 unspecified atom stereocenters. The Morgan fingerprint density at radius 3 is 2.42 bits per heavy atom. The van der Waals surface area contributed by atoms with Gasteiger partial charge in [0.2, 0.25) is 11.8 Å². The van der Waals surface area contributed by atoms with Crippen LogP contribution in [0.5, 0.6) is 0 Å². The quantitative estimate of drug-likeness (QED) is 0.839. The molecule has 2 rings (SSSR count). The van der Waals surface area contributed by atoms with E-state index in [-0.39, 0.29) is 11.7 Å². The summed E-state index contributed by atoms with van der Waals surface area (Å²) in [5.41, 5.74) is 6.16. The summed E-state index contributed by atoms with van der Waals surface area (Å²) in [5.74, 6) is -0.998. The van der Waals surface area contributed by atoms with Crippen molar-refractivity contribution >= 4 is 17.5 Å². The van der Waals surface area contributed by atoms with Crippen molar-refractivity contribution in [3.8, 4) is 0 Å². The van der Waals surface area contributed by atoms with Crippen LogP contribution in [0.4, 0.5) is 10.1 Å². The molecular weight excluding hydrogens is 249 g/mol. The van der Waals surface area contributed by atoms with Gasteiger partial charge in [-0.15, -0.1) is 0 Å². The smallest absolute Gasteiger partial charge is 0.242 e. The molecule has 1 aromatic rings. The van der Waals surface area contributed by atoms with E-state index in [0.29, 0.717) is 19.6 Å². The third-order valence-corrected chi connectivity index (χ3v) is 3.31. The minimum absolute atomic E-state index is 0.164. The van der Waals surface area contributed by atoms with Crippen LogP contribution < -0.4 is 10.6 Å². The van der Waals surface area contributed by atoms with Gasteiger partial charge in [-0.3, -0.25) is 9.59 Å². The number of halogens is 1. The molecule has 1 fully saturated rings. The summed E-state index contributed by atoms with van der Waals surface area (Å²) >= 11 is 0. The largest absolute Gasteiger partial charge is 0.368 e. The molecule has 1 heterocycles. The number of benzene rings is 1. The molecule has 0 aliphatic carbocycles. The van der Waals surface area contributed by atoms with Crippen molar-refractivity contribution in [1.29, 1.82) is 0 Å². The normalized spacial score (nSPS) is 19.4. The first-order chi connectivity index (χ1) is 8.99. The molecule has 0 aromatic heterocycles. The third kappa shape index (κ3) is 2.83. The summed E-state index contributed by atoms with van der Waals surface area (Å²) in [6, 6.07) is 5.39. The molecule has 6 heteroatoms. The molecule has 1 aromatic carbocycles. The second-order valence-corrected chi connectivity index (χ2v) is 4.55. The predicted molar refractivity (Wildman–Crippen MR) is 69.0 cm³/mol. The monoisotopic (exact) mass is 265 g/mol. The van der Waals surface area contributed by atoms with Crippen molar-refractivity contribution in [3.63, 3.8) is 0 Å². The van der Waals surface area contributed by atoms with Crippen molar-refractivity contribution in [3.05, 3.63) is 30.1 Å². The lowest BCUT2D eigenvalue weighted by Gasteiger charge is -2.40. The fourth-order valence-electron chi connectivity index (χ4n) is 2.29. The number of primary amides is 1. The van der Waals surface area contributed by atoms with Crippen LogP contribution in [0.3, 0.4) is 0 Å². The van der Waals surface area contributed by atoms with Gasteiger partial charge in [0.25, 0.3) is 0 Å². The molecule has 0 spiro atoms. The van der Waals surface area contributed by atoms with Crippen LogP contribution in [0, 0.1) is 5.82 Å². The summed E-state index contributed by atoms with van der Waals surface area (Å²) in [6.07, 6.45) is 0. The number of piperazine rings is 1. The van der Waals surface area contributed by atoms with E-state index in [4.69, 9.17) is 5.73 Å². The first-order valence-electron chi connectivity index (χ1n) is 6.06. The Kier molecular flexibility index (Phi) is 3.69. The van der Waals surface area contributed by atoms with Crippen LogP contribution in [0.15, 0.2) is 24.3 Å². The molecule has 0 bridgehead atoms. The average molecular weight is 265 g/mol. The number of nitrogens with zero attached hydrogens (tertiary/aromatic N) is 2. The number of hydrogen-bond donors (Lipinski definition) is 1. The summed E-state index contributed by atoms with van der Waals surface area (Å²) in [7, 11) is 0. The minimum Gasteiger partial charge on any atom is -0.368 e. The zero-order valence-corrected chi connectivity index (χ0v) is 10.7. The van der Waals surface area contributed by atoms with E-state index in [9.17, 15) is 14.0 Å². The number of amides is 2. The van der Waals surface area contributed by atoms with E-state index in [2.05, 4.69) is 0 Å². The van der Waals surface area contributed by atoms with Crippen LogP contribution in [0.1, 0.15) is 6.92 Å². The summed E-state index contributed by atoms with van der Waals surface area (Å²) in [6.45, 7) is 2.78. The van der Waals surface area contributed by atoms with Gasteiger partial charge in [-0.05, 0) is 24.3 Å². The highest BCUT2D eigenvalue weighted by atomic mass is 19.1. The number of carbonyl (C=O) groups is 2. The molecule has 2 N–H and O–H groups in total. The van der Waals surface area contributed by atoms with E-state index < -0.39 is 11.9 Å². The van der Waals surface area contributed by atoms with Crippen LogP contribution >= 0.6 is 0 Å². The second kappa shape index (κ2) is 5.26. The van der Waals surface area contributed by atoms with E-state index in [0.717, 1.165) is 5.69 Å². The second-order valence-electron chi connectivity index (χ2n) is 4.55. The zero-order chi connectivity index (χ0) is 14.0. The highest BCUT2D eigenvalue weighted by Crippen LogP contribution is 2.19. The van der Waals surface area contributed by atoms with Gasteiger partial charge in [0.15, 0.2) is 0 Å². The summed E-state index contributed by atoms with van der Waals surface area (Å²) in [4.78, 5) is 26.3. The maximum Gasteiger partial charge on any atom is 0.242 e. The molecule has 1 atom stereocenters. The Labute approximate surface area is 110 Å². The lowest BCUT2D eigenvalue weighted by Crippen LogP contribution is -2.59. The van der Waals surface area contributed by atoms with Crippen molar-refractivity contribution < 1.29 is 14.0 Å². The van der Waals surface area contributed by atoms with Crippen LogP contribution in [-0.2, 0) is 9.59 Å². The average Bonchev–Trinajstić information content (AvgIpc) is 2.38. The highest BCUT2D eigenvalue weighted by Gasteiger charge is 2.32. The number of carbonyl (C=O) groups excluding carboxylic acids is 2. The van der Waals surface area contributed by atoms with E-state index >= 15 is 0 Å². The van der Waals surface area contributed by atoms with E-state index in [1.54, 1.807) is 12.1 Å². The third-order valence-electron chi connectivity index (χ3n) is 3.31. The summed E-state index contributed by atoms with van der Waals surface area (Å²) in [5, 5.41) is 0. The Balaban J connectivity index is 2.17. The predicted octanol–water partition coefficient (Wildman–Crippen LogP) is 0.348. The van der Waals surface area contributed by atoms with Crippen molar-refractivity contribution in [2.75, 3.05) is 24.5 Å². The van der Waals surface area contributed by atoms with Crippen molar-refractivity contribution in [2.24, 2.45) is 5.73 Å². The van der Waals surface area contributed by atoms with E-state index in [1.807, 2.05) is 4.90 Å². The van der Waals surface area contributed by atoms with Crippen molar-refractivity contribution in [2.45, 2.75) is 13.0 Å². The highest BCUT2D eigenvalue weighted by molar-refractivity contribution is 5.86. The first-order valence-corrected chi connectivity index (χ1v) is 6.06. The van der Waals surface area contributed by atoms with Crippen LogP contribution in [0.2, 0.25) is 0 Å². The van der Waals surface area contributed by atoms with Crippen molar-refractivity contribution in [1.82, 2.24) is 4.90 Å². The number of rotatable bonds is 2. The molecule has 5 nitrogen and oxygen atoms in total. The molecule has 19 heavy (non-hydrogen) atoms. The van der Waals surface area contributed by atoms with Gasteiger partial charge in [-0.1, -0.05) is 0 Å². The number of hydrogen-bond acceptors (Lipinski definition) is 3. The molecule has 0 radical (unpaired) electrons. The van der Waals surface area contributed by atoms with Gasteiger partial charge in [-0.25, -0.2) is 4.39 Å². The fraction of sp³-hybridized carbons (Fsp3) is 0.385. The summed E-state index contributed by atoms with van der Waals surface area (Å²) < 4.78 is 12.9. The Morgan fingerprint density at radius 2 is 1.89 bits per heavy atom. The lowest BCUT2D eigenvalue weighted by molar-refractivity contribution is -0.138. The SMILES string of the molecule is CC(=O)N1CCN(c2ccc(F)cc2)C[C@H]1C(N)=O. The zero-order valence-electron chi connectivity index (χ0n) is 10.7. The topological polar surface area (TPSA) is 66.6 Å². The van der Waals surface area contributed by atoms with Gasteiger partial charge >= 0.3 is 0 Å². The van der Waals surface area contributed by atoms with Gasteiger partial charge in [0.05, 0.1) is 0 Å². The van der Waals surface area contributed by atoms with Crippen LogP contribution in [-0.4, -0.2) is 42.4 Å². The molecule has 0 saturated carbocycles. The molecule has 1 aliphatic heterocycles. The van der Waals surface area contributed by atoms with E-state index in [1.165, 1.54) is 24.0 Å². The Morgan fingerprint density at radius 1 is 1.26 bits per heavy atom. The van der Waals surface area contributed by atoms with Gasteiger partial charge in [0.1, 0.15) is 11.9 Å². The first kappa shape index (κ1) is 13.3. The molecule has 2 amide bonds. The minimum atomic E-state index is -0.642. The maximum atomic E-state index is 12.9. The lowest BCUT2D eigenvalue weighted by atomic mass is 10.1. The Hall–Kier alpha value is -2.11. The van der Waals surface area contributed by atoms with Gasteiger partial charge < -0.3 is 15.5 Å². The Bertz CT molecular complexity index is 489. The van der Waals surface area contributed by atoms with Crippen LogP contribution in [0.25, 0.3) is 0 Å². The standard InChI is InChI=1S/C13H16FN3O2/c1-9(18)17-7-6-16(8-12(17)13(15)19)11-4-2-10(14)3-5-11/h2-5,12H,6-8H2,1H3,(H2,15,19)/t12-/m0/s1. The molecule has 1 saturated heterocycles. The van der Waals surface area contributed by atoms with Gasteiger partial charge in [0, 0.05) is 32.2 Å².